The van der Waals surface area contributed by atoms with Gasteiger partial charge in [-0.25, -0.2) is 0 Å². The first kappa shape index (κ1) is 19.1. The van der Waals surface area contributed by atoms with Crippen LogP contribution < -0.4 is 10.1 Å². The normalized spacial score (nSPS) is 15.8. The van der Waals surface area contributed by atoms with Crippen LogP contribution in [0, 0.1) is 10.1 Å². The molecule has 1 heterocycles. The van der Waals surface area contributed by atoms with Crippen LogP contribution in [0.15, 0.2) is 42.5 Å². The Morgan fingerprint density at radius 1 is 1.22 bits per heavy atom. The van der Waals surface area contributed by atoms with E-state index >= 15 is 0 Å². The van der Waals surface area contributed by atoms with Crippen LogP contribution in [0.5, 0.6) is 5.75 Å². The van der Waals surface area contributed by atoms with Gasteiger partial charge in [-0.05, 0) is 36.6 Å². The molecule has 1 aliphatic heterocycles. The highest BCUT2D eigenvalue weighted by molar-refractivity contribution is 6.32. The second kappa shape index (κ2) is 7.94. The van der Waals surface area contributed by atoms with Gasteiger partial charge in [-0.2, -0.15) is 0 Å². The Morgan fingerprint density at radius 2 is 1.89 bits per heavy atom. The van der Waals surface area contributed by atoms with E-state index in [4.69, 9.17) is 21.1 Å². The maximum Gasteiger partial charge on any atom is 0.269 e. The number of amides is 1. The summed E-state index contributed by atoms with van der Waals surface area (Å²) < 4.78 is 10.6. The van der Waals surface area contributed by atoms with E-state index in [1.54, 1.807) is 30.3 Å². The standard InChI is InChI=1S/C19H19ClN2O5/c1-26-17-7-4-14(12-16(17)20)21-18(23)19(8-10-27-11-9-19)13-2-5-15(6-3-13)22(24)25/h2-7,12H,8-11H2,1H3,(H,21,23). The highest BCUT2D eigenvalue weighted by Crippen LogP contribution is 2.37. The topological polar surface area (TPSA) is 90.7 Å². The second-order valence-electron chi connectivity index (χ2n) is 6.30. The minimum Gasteiger partial charge on any atom is -0.495 e. The number of hydrogen-bond donors (Lipinski definition) is 1. The highest BCUT2D eigenvalue weighted by Gasteiger charge is 2.42. The molecular weight excluding hydrogens is 372 g/mol. The van der Waals surface area contributed by atoms with Crippen LogP contribution in [0.2, 0.25) is 5.02 Å². The van der Waals surface area contributed by atoms with E-state index in [9.17, 15) is 14.9 Å². The summed E-state index contributed by atoms with van der Waals surface area (Å²) in [4.78, 5) is 23.7. The van der Waals surface area contributed by atoms with Gasteiger partial charge in [0.15, 0.2) is 0 Å². The monoisotopic (exact) mass is 390 g/mol. The quantitative estimate of drug-likeness (QED) is 0.616. The van der Waals surface area contributed by atoms with Gasteiger partial charge < -0.3 is 14.8 Å². The first-order valence-corrected chi connectivity index (χ1v) is 8.82. The van der Waals surface area contributed by atoms with Crippen LogP contribution >= 0.6 is 11.6 Å². The van der Waals surface area contributed by atoms with E-state index in [-0.39, 0.29) is 11.6 Å². The zero-order chi connectivity index (χ0) is 19.4. The van der Waals surface area contributed by atoms with Crippen molar-refractivity contribution >= 4 is 28.9 Å². The molecule has 0 saturated carbocycles. The molecule has 0 aliphatic carbocycles. The van der Waals surface area contributed by atoms with E-state index < -0.39 is 10.3 Å². The molecule has 7 nitrogen and oxygen atoms in total. The largest absolute Gasteiger partial charge is 0.495 e. The van der Waals surface area contributed by atoms with Gasteiger partial charge in [-0.1, -0.05) is 23.7 Å². The number of nitrogens with one attached hydrogen (secondary N) is 1. The number of nitro groups is 1. The van der Waals surface area contributed by atoms with Gasteiger partial charge in [0.2, 0.25) is 5.91 Å². The fourth-order valence-corrected chi connectivity index (χ4v) is 3.52. The van der Waals surface area contributed by atoms with Crippen LogP contribution in [0.4, 0.5) is 11.4 Å². The number of carbonyl (C=O) groups is 1. The lowest BCUT2D eigenvalue weighted by Gasteiger charge is -2.36. The van der Waals surface area contributed by atoms with Crippen molar-refractivity contribution in [2.75, 3.05) is 25.6 Å². The molecule has 3 rings (SSSR count). The fourth-order valence-electron chi connectivity index (χ4n) is 3.26. The lowest BCUT2D eigenvalue weighted by atomic mass is 9.73. The van der Waals surface area contributed by atoms with Gasteiger partial charge in [0, 0.05) is 31.0 Å². The summed E-state index contributed by atoms with van der Waals surface area (Å²) in [5.74, 6) is 0.326. The predicted molar refractivity (Wildman–Crippen MR) is 101 cm³/mol. The van der Waals surface area contributed by atoms with Crippen molar-refractivity contribution in [3.63, 3.8) is 0 Å². The first-order chi connectivity index (χ1) is 13.0. The average Bonchev–Trinajstić information content (AvgIpc) is 2.68. The van der Waals surface area contributed by atoms with E-state index in [1.807, 2.05) is 0 Å². The Kier molecular flexibility index (Phi) is 5.62. The van der Waals surface area contributed by atoms with Gasteiger partial charge in [0.1, 0.15) is 5.75 Å². The number of nitrogens with zero attached hydrogens (tertiary/aromatic N) is 1. The van der Waals surface area contributed by atoms with E-state index in [1.165, 1.54) is 19.2 Å². The van der Waals surface area contributed by atoms with Crippen molar-refractivity contribution in [2.24, 2.45) is 0 Å². The maximum atomic E-state index is 13.2. The smallest absolute Gasteiger partial charge is 0.269 e. The summed E-state index contributed by atoms with van der Waals surface area (Å²) >= 11 is 6.14. The van der Waals surface area contributed by atoms with Crippen molar-refractivity contribution in [3.05, 3.63) is 63.2 Å². The zero-order valence-electron chi connectivity index (χ0n) is 14.7. The minimum absolute atomic E-state index is 0.0108. The van der Waals surface area contributed by atoms with Crippen LogP contribution in [0.25, 0.3) is 0 Å². The summed E-state index contributed by atoms with van der Waals surface area (Å²) in [7, 11) is 1.52. The number of methoxy groups -OCH3 is 1. The van der Waals surface area contributed by atoms with Crippen molar-refractivity contribution in [1.82, 2.24) is 0 Å². The van der Waals surface area contributed by atoms with E-state index in [0.29, 0.717) is 42.5 Å². The summed E-state index contributed by atoms with van der Waals surface area (Å²) in [5, 5.41) is 14.2. The van der Waals surface area contributed by atoms with Crippen molar-refractivity contribution in [3.8, 4) is 5.75 Å². The number of non-ortho nitro benzene ring substituents is 1. The lowest BCUT2D eigenvalue weighted by Crippen LogP contribution is -2.44. The molecule has 0 spiro atoms. The molecule has 1 aliphatic rings. The number of carbonyl (C=O) groups excluding carboxylic acids is 1. The summed E-state index contributed by atoms with van der Waals surface area (Å²) in [6, 6.07) is 11.1. The molecule has 0 bridgehead atoms. The van der Waals surface area contributed by atoms with Crippen LogP contribution in [-0.4, -0.2) is 31.2 Å². The predicted octanol–water partition coefficient (Wildman–Crippen LogP) is 3.94. The van der Waals surface area contributed by atoms with Gasteiger partial charge in [0.25, 0.3) is 5.69 Å². The Hall–Kier alpha value is -2.64. The number of ether oxygens (including phenoxy) is 2. The Labute approximate surface area is 161 Å². The number of nitro benzene ring substituents is 1. The van der Waals surface area contributed by atoms with Crippen LogP contribution in [-0.2, 0) is 14.9 Å². The average molecular weight is 391 g/mol. The van der Waals surface area contributed by atoms with Gasteiger partial charge in [0.05, 0.1) is 22.5 Å². The number of halogens is 1. The molecule has 2 aromatic carbocycles. The van der Waals surface area contributed by atoms with Gasteiger partial charge in [-0.3, -0.25) is 14.9 Å². The molecule has 1 amide bonds. The molecule has 0 aromatic heterocycles. The third kappa shape index (κ3) is 3.89. The number of hydrogen-bond acceptors (Lipinski definition) is 5. The molecule has 1 N–H and O–H groups in total. The summed E-state index contributed by atoms with van der Waals surface area (Å²) in [5.41, 5.74) is 0.454. The molecule has 2 aromatic rings. The summed E-state index contributed by atoms with van der Waals surface area (Å²) in [6.45, 7) is 0.877. The molecule has 142 valence electrons. The van der Waals surface area contributed by atoms with Crippen LogP contribution in [0.1, 0.15) is 18.4 Å². The zero-order valence-corrected chi connectivity index (χ0v) is 15.5. The molecule has 0 atom stereocenters. The molecule has 27 heavy (non-hydrogen) atoms. The third-order valence-electron chi connectivity index (χ3n) is 4.82. The number of rotatable bonds is 5. The van der Waals surface area contributed by atoms with E-state index in [2.05, 4.69) is 5.32 Å². The molecule has 8 heteroatoms. The molecular formula is C19H19ClN2O5. The van der Waals surface area contributed by atoms with Crippen molar-refractivity contribution in [2.45, 2.75) is 18.3 Å². The first-order valence-electron chi connectivity index (χ1n) is 8.44. The summed E-state index contributed by atoms with van der Waals surface area (Å²) in [6.07, 6.45) is 0.973. The van der Waals surface area contributed by atoms with E-state index in [0.717, 1.165) is 5.56 Å². The van der Waals surface area contributed by atoms with Gasteiger partial charge in [-0.15, -0.1) is 0 Å². The lowest BCUT2D eigenvalue weighted by molar-refractivity contribution is -0.384. The van der Waals surface area contributed by atoms with Gasteiger partial charge >= 0.3 is 0 Å². The number of anilines is 1. The molecule has 0 unspecified atom stereocenters. The Balaban J connectivity index is 1.90. The van der Waals surface area contributed by atoms with Crippen molar-refractivity contribution in [1.29, 1.82) is 0 Å². The highest BCUT2D eigenvalue weighted by atomic mass is 35.5. The minimum atomic E-state index is -0.820. The molecule has 1 fully saturated rings. The Morgan fingerprint density at radius 3 is 2.44 bits per heavy atom. The molecule has 0 radical (unpaired) electrons. The maximum absolute atomic E-state index is 13.2. The third-order valence-corrected chi connectivity index (χ3v) is 5.12. The Bertz CT molecular complexity index is 848. The number of benzene rings is 2. The van der Waals surface area contributed by atoms with Crippen LogP contribution in [0.3, 0.4) is 0 Å². The SMILES string of the molecule is COc1ccc(NC(=O)C2(c3ccc([N+](=O)[O-])cc3)CCOCC2)cc1Cl. The van der Waals surface area contributed by atoms with Crippen molar-refractivity contribution < 1.29 is 19.2 Å². The second-order valence-corrected chi connectivity index (χ2v) is 6.71. The fraction of sp³-hybridized carbons (Fsp3) is 0.316. The molecule has 1 saturated heterocycles.